The minimum absolute atomic E-state index is 0.673. The van der Waals surface area contributed by atoms with Gasteiger partial charge >= 0.3 is 0 Å². The molecule has 0 saturated carbocycles. The molecule has 3 nitrogen and oxygen atoms in total. The van der Waals surface area contributed by atoms with Crippen molar-refractivity contribution in [1.82, 2.24) is 14.9 Å². The first-order chi connectivity index (χ1) is 12.4. The van der Waals surface area contributed by atoms with E-state index in [2.05, 4.69) is 57.3 Å². The van der Waals surface area contributed by atoms with Gasteiger partial charge in [0.25, 0.3) is 0 Å². The highest BCUT2D eigenvalue weighted by atomic mass is 15.1. The second-order valence-corrected chi connectivity index (χ2v) is 6.74. The molecule has 1 aromatic carbocycles. The van der Waals surface area contributed by atoms with Crippen LogP contribution < -0.4 is 0 Å². The van der Waals surface area contributed by atoms with Crippen LogP contribution in [0, 0.1) is 0 Å². The molecule has 0 aliphatic carbocycles. The number of nitrogens with zero attached hydrogens (tertiary/aromatic N) is 3. The zero-order valence-electron chi connectivity index (χ0n) is 14.4. The van der Waals surface area contributed by atoms with E-state index in [1.807, 2.05) is 30.7 Å². The zero-order chi connectivity index (χ0) is 16.9. The van der Waals surface area contributed by atoms with Crippen LogP contribution in [0.15, 0.2) is 73.2 Å². The number of benzene rings is 1. The average Bonchev–Trinajstić information content (AvgIpc) is 2.70. The van der Waals surface area contributed by atoms with Crippen molar-refractivity contribution in [1.29, 1.82) is 0 Å². The second kappa shape index (κ2) is 7.58. The molecule has 25 heavy (non-hydrogen) atoms. The molecule has 0 radical (unpaired) electrons. The molecule has 0 spiro atoms. The van der Waals surface area contributed by atoms with Crippen LogP contribution in [0.5, 0.6) is 0 Å². The van der Waals surface area contributed by atoms with Gasteiger partial charge in [-0.1, -0.05) is 30.3 Å². The molecule has 0 unspecified atom stereocenters. The molecule has 3 heterocycles. The van der Waals surface area contributed by atoms with Gasteiger partial charge in [0.05, 0.1) is 5.69 Å². The Morgan fingerprint density at radius 2 is 1.60 bits per heavy atom. The summed E-state index contributed by atoms with van der Waals surface area (Å²) in [7, 11) is 0. The van der Waals surface area contributed by atoms with Crippen molar-refractivity contribution < 1.29 is 0 Å². The molecule has 0 bridgehead atoms. The normalized spacial score (nSPS) is 16.0. The number of hydrogen-bond donors (Lipinski definition) is 0. The van der Waals surface area contributed by atoms with Gasteiger partial charge in [0, 0.05) is 30.7 Å². The van der Waals surface area contributed by atoms with Gasteiger partial charge in [0.1, 0.15) is 0 Å². The molecule has 126 valence electrons. The van der Waals surface area contributed by atoms with Crippen LogP contribution in [-0.2, 0) is 6.54 Å². The number of likely N-dealkylation sites (tertiary alicyclic amines) is 1. The number of piperidine rings is 1. The van der Waals surface area contributed by atoms with Gasteiger partial charge in [-0.15, -0.1) is 0 Å². The predicted molar refractivity (Wildman–Crippen MR) is 101 cm³/mol. The summed E-state index contributed by atoms with van der Waals surface area (Å²) in [5.74, 6) is 0.673. The monoisotopic (exact) mass is 329 g/mol. The zero-order valence-corrected chi connectivity index (χ0v) is 14.4. The Balaban J connectivity index is 1.36. The number of hydrogen-bond acceptors (Lipinski definition) is 3. The van der Waals surface area contributed by atoms with Gasteiger partial charge < -0.3 is 0 Å². The Labute approximate surface area is 149 Å². The molecule has 0 atom stereocenters. The van der Waals surface area contributed by atoms with E-state index in [4.69, 9.17) is 0 Å². The number of aromatic nitrogens is 2. The summed E-state index contributed by atoms with van der Waals surface area (Å²) in [6.45, 7) is 3.36. The van der Waals surface area contributed by atoms with E-state index in [-0.39, 0.29) is 0 Å². The van der Waals surface area contributed by atoms with Crippen molar-refractivity contribution in [3.63, 3.8) is 0 Å². The summed E-state index contributed by atoms with van der Waals surface area (Å²) in [4.78, 5) is 11.1. The van der Waals surface area contributed by atoms with Crippen LogP contribution in [0.4, 0.5) is 0 Å². The molecular weight excluding hydrogens is 306 g/mol. The summed E-state index contributed by atoms with van der Waals surface area (Å²) in [5.41, 5.74) is 5.05. The highest BCUT2D eigenvalue weighted by molar-refractivity contribution is 5.59. The first-order valence-electron chi connectivity index (χ1n) is 9.01. The Kier molecular flexibility index (Phi) is 4.84. The molecule has 1 aliphatic rings. The van der Waals surface area contributed by atoms with E-state index >= 15 is 0 Å². The largest absolute Gasteiger partial charge is 0.299 e. The van der Waals surface area contributed by atoms with Crippen LogP contribution in [0.3, 0.4) is 0 Å². The van der Waals surface area contributed by atoms with E-state index in [9.17, 15) is 0 Å². The maximum atomic E-state index is 4.43. The SMILES string of the molecule is c1ccc(-c2ccc(C3CCN(Cc4ccncc4)CC3)cc2)nc1. The number of pyridine rings is 2. The third-order valence-corrected chi connectivity index (χ3v) is 5.09. The van der Waals surface area contributed by atoms with E-state index in [1.54, 1.807) is 0 Å². The van der Waals surface area contributed by atoms with Gasteiger partial charge in [-0.05, 0) is 67.2 Å². The van der Waals surface area contributed by atoms with Gasteiger partial charge in [0.15, 0.2) is 0 Å². The van der Waals surface area contributed by atoms with Crippen LogP contribution in [-0.4, -0.2) is 28.0 Å². The third-order valence-electron chi connectivity index (χ3n) is 5.09. The lowest BCUT2D eigenvalue weighted by atomic mass is 9.88. The fraction of sp³-hybridized carbons (Fsp3) is 0.273. The smallest absolute Gasteiger partial charge is 0.0701 e. The fourth-order valence-electron chi connectivity index (χ4n) is 3.63. The lowest BCUT2D eigenvalue weighted by Crippen LogP contribution is -2.32. The summed E-state index contributed by atoms with van der Waals surface area (Å²) in [5, 5.41) is 0. The molecule has 2 aromatic heterocycles. The number of rotatable bonds is 4. The van der Waals surface area contributed by atoms with Crippen molar-refractivity contribution >= 4 is 0 Å². The maximum absolute atomic E-state index is 4.43. The first kappa shape index (κ1) is 16.0. The summed E-state index contributed by atoms with van der Waals surface area (Å²) in [6, 6.07) is 19.3. The van der Waals surface area contributed by atoms with Gasteiger partial charge in [-0.2, -0.15) is 0 Å². The first-order valence-corrected chi connectivity index (χ1v) is 9.01. The van der Waals surface area contributed by atoms with Crippen LogP contribution in [0.1, 0.15) is 29.9 Å². The maximum Gasteiger partial charge on any atom is 0.0701 e. The lowest BCUT2D eigenvalue weighted by molar-refractivity contribution is 0.204. The predicted octanol–water partition coefficient (Wildman–Crippen LogP) is 4.52. The Bertz CT molecular complexity index is 777. The average molecular weight is 329 g/mol. The van der Waals surface area contributed by atoms with Gasteiger partial charge in [-0.3, -0.25) is 14.9 Å². The molecule has 1 fully saturated rings. The van der Waals surface area contributed by atoms with Gasteiger partial charge in [0.2, 0.25) is 0 Å². The molecule has 1 aliphatic heterocycles. The molecule has 4 rings (SSSR count). The Morgan fingerprint density at radius 1 is 0.840 bits per heavy atom. The standard InChI is InChI=1S/C22H23N3/c1-2-12-24-22(3-1)21-6-4-19(5-7-21)20-10-15-25(16-11-20)17-18-8-13-23-14-9-18/h1-9,12-14,20H,10-11,15-17H2. The fourth-order valence-corrected chi connectivity index (χ4v) is 3.63. The van der Waals surface area contributed by atoms with Crippen molar-refractivity contribution in [3.05, 3.63) is 84.3 Å². The van der Waals surface area contributed by atoms with E-state index in [0.29, 0.717) is 5.92 Å². The Hall–Kier alpha value is -2.52. The van der Waals surface area contributed by atoms with E-state index in [0.717, 1.165) is 25.3 Å². The second-order valence-electron chi connectivity index (χ2n) is 6.74. The van der Waals surface area contributed by atoms with Crippen LogP contribution >= 0.6 is 0 Å². The van der Waals surface area contributed by atoms with Crippen molar-refractivity contribution in [2.75, 3.05) is 13.1 Å². The molecule has 0 N–H and O–H groups in total. The summed E-state index contributed by atoms with van der Waals surface area (Å²) < 4.78 is 0. The molecule has 1 saturated heterocycles. The van der Waals surface area contributed by atoms with Gasteiger partial charge in [-0.25, -0.2) is 0 Å². The minimum Gasteiger partial charge on any atom is -0.299 e. The highest BCUT2D eigenvalue weighted by Crippen LogP contribution is 2.30. The summed E-state index contributed by atoms with van der Waals surface area (Å²) in [6.07, 6.45) is 8.07. The molecular formula is C22H23N3. The molecule has 0 amide bonds. The minimum atomic E-state index is 0.673. The molecule has 3 heteroatoms. The third kappa shape index (κ3) is 3.94. The van der Waals surface area contributed by atoms with Crippen LogP contribution in [0.2, 0.25) is 0 Å². The van der Waals surface area contributed by atoms with E-state index in [1.165, 1.54) is 29.5 Å². The van der Waals surface area contributed by atoms with Crippen molar-refractivity contribution in [2.24, 2.45) is 0 Å². The summed E-state index contributed by atoms with van der Waals surface area (Å²) >= 11 is 0. The van der Waals surface area contributed by atoms with Crippen LogP contribution in [0.25, 0.3) is 11.3 Å². The van der Waals surface area contributed by atoms with Crippen molar-refractivity contribution in [3.8, 4) is 11.3 Å². The highest BCUT2D eigenvalue weighted by Gasteiger charge is 2.20. The topological polar surface area (TPSA) is 29.0 Å². The van der Waals surface area contributed by atoms with Crippen molar-refractivity contribution in [2.45, 2.75) is 25.3 Å². The molecule has 3 aromatic rings. The lowest BCUT2D eigenvalue weighted by Gasteiger charge is -2.32. The van der Waals surface area contributed by atoms with E-state index < -0.39 is 0 Å². The Morgan fingerprint density at radius 3 is 2.28 bits per heavy atom. The quantitative estimate of drug-likeness (QED) is 0.704.